The summed E-state index contributed by atoms with van der Waals surface area (Å²) in [6.07, 6.45) is 0. The van der Waals surface area contributed by atoms with Crippen LogP contribution in [0.15, 0.2) is 59.4 Å². The minimum absolute atomic E-state index is 0.146. The van der Waals surface area contributed by atoms with Gasteiger partial charge < -0.3 is 10.2 Å². The quantitative estimate of drug-likeness (QED) is 0.635. The van der Waals surface area contributed by atoms with Crippen LogP contribution < -0.4 is 10.9 Å². The highest BCUT2D eigenvalue weighted by atomic mass is 16.2. The van der Waals surface area contributed by atoms with E-state index in [0.717, 1.165) is 5.56 Å². The average molecular weight is 404 g/mol. The summed E-state index contributed by atoms with van der Waals surface area (Å²) in [7, 11) is 3.34. The molecule has 0 radical (unpaired) electrons. The minimum Gasteiger partial charge on any atom is -0.350 e. The monoisotopic (exact) mass is 404 g/mol. The van der Waals surface area contributed by atoms with E-state index in [2.05, 4.69) is 10.4 Å². The summed E-state index contributed by atoms with van der Waals surface area (Å²) < 4.78 is 1.33. The van der Waals surface area contributed by atoms with E-state index in [0.29, 0.717) is 23.5 Å². The fourth-order valence-electron chi connectivity index (χ4n) is 3.17. The topological polar surface area (TPSA) is 84.3 Å². The summed E-state index contributed by atoms with van der Waals surface area (Å²) in [6, 6.07) is 16.1. The van der Waals surface area contributed by atoms with Gasteiger partial charge in [-0.25, -0.2) is 4.68 Å². The number of nitrogens with one attached hydrogen (secondary N) is 1. The second kappa shape index (κ2) is 8.73. The van der Waals surface area contributed by atoms with Crippen molar-refractivity contribution in [2.45, 2.75) is 20.4 Å². The first-order valence-electron chi connectivity index (χ1n) is 9.63. The lowest BCUT2D eigenvalue weighted by Gasteiger charge is -2.17. The van der Waals surface area contributed by atoms with Gasteiger partial charge in [0.15, 0.2) is 5.78 Å². The van der Waals surface area contributed by atoms with Crippen LogP contribution in [0, 0.1) is 0 Å². The summed E-state index contributed by atoms with van der Waals surface area (Å²) in [5.41, 5.74) is 2.16. The lowest BCUT2D eigenvalue weighted by Crippen LogP contribution is -2.28. The van der Waals surface area contributed by atoms with E-state index in [9.17, 15) is 14.4 Å². The van der Waals surface area contributed by atoms with E-state index in [-0.39, 0.29) is 22.9 Å². The average Bonchev–Trinajstić information content (AvgIpc) is 2.74. The normalized spacial score (nSPS) is 10.5. The predicted octanol–water partition coefficient (Wildman–Crippen LogP) is 3.58. The molecule has 1 heterocycles. The molecule has 1 N–H and O–H groups in total. The molecule has 0 fully saturated rings. The zero-order chi connectivity index (χ0) is 21.8. The lowest BCUT2D eigenvalue weighted by molar-refractivity contribution is 0.0827. The molecule has 0 unspecified atom stereocenters. The molecule has 3 rings (SSSR count). The van der Waals surface area contributed by atoms with E-state index < -0.39 is 5.56 Å². The van der Waals surface area contributed by atoms with Gasteiger partial charge in [-0.05, 0) is 32.0 Å². The SMILES string of the molecule is CCn1nc(-c2ccccc2)c(C(C)=O)c(Nc2cccc(C(=O)N(C)C)c2)c1=O. The third-order valence-electron chi connectivity index (χ3n) is 4.64. The molecule has 30 heavy (non-hydrogen) atoms. The molecule has 7 nitrogen and oxygen atoms in total. The van der Waals surface area contributed by atoms with E-state index in [1.807, 2.05) is 37.3 Å². The number of hydrogen-bond acceptors (Lipinski definition) is 5. The fraction of sp³-hybridized carbons (Fsp3) is 0.217. The van der Waals surface area contributed by atoms with Gasteiger partial charge >= 0.3 is 0 Å². The molecule has 3 aromatic rings. The Balaban J connectivity index is 2.20. The molecule has 7 heteroatoms. The number of anilines is 2. The number of rotatable bonds is 6. The summed E-state index contributed by atoms with van der Waals surface area (Å²) >= 11 is 0. The number of carbonyl (C=O) groups is 2. The van der Waals surface area contributed by atoms with Gasteiger partial charge in [0.1, 0.15) is 11.4 Å². The summed E-state index contributed by atoms with van der Waals surface area (Å²) in [5.74, 6) is -0.430. The van der Waals surface area contributed by atoms with Gasteiger partial charge in [-0.2, -0.15) is 5.10 Å². The van der Waals surface area contributed by atoms with Crippen molar-refractivity contribution in [3.63, 3.8) is 0 Å². The van der Waals surface area contributed by atoms with Crippen LogP contribution in [0.5, 0.6) is 0 Å². The van der Waals surface area contributed by atoms with E-state index in [1.54, 1.807) is 38.4 Å². The molecule has 0 atom stereocenters. The molecule has 0 aliphatic rings. The number of aromatic nitrogens is 2. The van der Waals surface area contributed by atoms with Crippen molar-refractivity contribution in [1.29, 1.82) is 0 Å². The van der Waals surface area contributed by atoms with Crippen LogP contribution in [-0.2, 0) is 6.54 Å². The Morgan fingerprint density at radius 1 is 1.07 bits per heavy atom. The Labute approximate surface area is 175 Å². The lowest BCUT2D eigenvalue weighted by atomic mass is 10.0. The number of benzene rings is 2. The summed E-state index contributed by atoms with van der Waals surface area (Å²) in [4.78, 5) is 39.4. The van der Waals surface area contributed by atoms with Crippen molar-refractivity contribution in [2.75, 3.05) is 19.4 Å². The smallest absolute Gasteiger partial charge is 0.291 e. The highest BCUT2D eigenvalue weighted by Crippen LogP contribution is 2.27. The van der Waals surface area contributed by atoms with Crippen LogP contribution >= 0.6 is 0 Å². The molecule has 1 aromatic heterocycles. The van der Waals surface area contributed by atoms with Crippen LogP contribution in [-0.4, -0.2) is 40.5 Å². The number of ketones is 1. The summed E-state index contributed by atoms with van der Waals surface area (Å²) in [6.45, 7) is 3.58. The molecular formula is C23H24N4O3. The maximum Gasteiger partial charge on any atom is 0.291 e. The summed E-state index contributed by atoms with van der Waals surface area (Å²) in [5, 5.41) is 7.51. The minimum atomic E-state index is -0.397. The van der Waals surface area contributed by atoms with Crippen molar-refractivity contribution in [3.05, 3.63) is 76.1 Å². The van der Waals surface area contributed by atoms with Crippen LogP contribution in [0.3, 0.4) is 0 Å². The van der Waals surface area contributed by atoms with Gasteiger partial charge in [-0.3, -0.25) is 14.4 Å². The van der Waals surface area contributed by atoms with Crippen LogP contribution in [0.25, 0.3) is 11.3 Å². The van der Waals surface area contributed by atoms with Crippen molar-refractivity contribution in [2.24, 2.45) is 0 Å². The van der Waals surface area contributed by atoms with E-state index >= 15 is 0 Å². The molecule has 1 amide bonds. The number of Topliss-reactive ketones (excluding diaryl/α,β-unsaturated/α-hetero) is 1. The highest BCUT2D eigenvalue weighted by molar-refractivity contribution is 6.05. The third-order valence-corrected chi connectivity index (χ3v) is 4.64. The van der Waals surface area contributed by atoms with Gasteiger partial charge in [-0.1, -0.05) is 36.4 Å². The van der Waals surface area contributed by atoms with Crippen LogP contribution in [0.4, 0.5) is 11.4 Å². The van der Waals surface area contributed by atoms with Gasteiger partial charge in [-0.15, -0.1) is 0 Å². The first-order valence-corrected chi connectivity index (χ1v) is 9.63. The molecule has 0 aliphatic carbocycles. The van der Waals surface area contributed by atoms with Crippen LogP contribution in [0.2, 0.25) is 0 Å². The predicted molar refractivity (Wildman–Crippen MR) is 117 cm³/mol. The molecule has 0 saturated carbocycles. The van der Waals surface area contributed by atoms with Gasteiger partial charge in [0.25, 0.3) is 11.5 Å². The molecule has 0 bridgehead atoms. The number of carbonyl (C=O) groups excluding carboxylic acids is 2. The second-order valence-corrected chi connectivity index (χ2v) is 7.05. The van der Waals surface area contributed by atoms with Crippen molar-refractivity contribution in [1.82, 2.24) is 14.7 Å². The Morgan fingerprint density at radius 3 is 2.37 bits per heavy atom. The van der Waals surface area contributed by atoms with Gasteiger partial charge in [0, 0.05) is 37.5 Å². The fourth-order valence-corrected chi connectivity index (χ4v) is 3.17. The maximum absolute atomic E-state index is 13.1. The highest BCUT2D eigenvalue weighted by Gasteiger charge is 2.22. The molecule has 2 aromatic carbocycles. The standard InChI is InChI=1S/C23H24N4O3/c1-5-27-23(30)21(24-18-13-9-12-17(14-18)22(29)26(3)4)19(15(2)28)20(25-27)16-10-7-6-8-11-16/h6-14,24H,5H2,1-4H3. The molecular weight excluding hydrogens is 380 g/mol. The molecule has 0 spiro atoms. The van der Waals surface area contributed by atoms with Gasteiger partial charge in [0.05, 0.1) is 5.56 Å². The van der Waals surface area contributed by atoms with Crippen molar-refractivity contribution in [3.8, 4) is 11.3 Å². The number of hydrogen-bond donors (Lipinski definition) is 1. The zero-order valence-electron chi connectivity index (χ0n) is 17.5. The first-order chi connectivity index (χ1) is 14.3. The Hall–Kier alpha value is -3.74. The molecule has 154 valence electrons. The van der Waals surface area contributed by atoms with E-state index in [4.69, 9.17) is 0 Å². The number of nitrogens with zero attached hydrogens (tertiary/aromatic N) is 3. The Kier molecular flexibility index (Phi) is 6.11. The van der Waals surface area contributed by atoms with E-state index in [1.165, 1.54) is 16.5 Å². The second-order valence-electron chi connectivity index (χ2n) is 7.05. The zero-order valence-corrected chi connectivity index (χ0v) is 17.5. The Bertz CT molecular complexity index is 1150. The molecule has 0 saturated heterocycles. The number of amides is 1. The maximum atomic E-state index is 13.1. The third kappa shape index (κ3) is 4.15. The largest absolute Gasteiger partial charge is 0.350 e. The Morgan fingerprint density at radius 2 is 1.77 bits per heavy atom. The van der Waals surface area contributed by atoms with Crippen LogP contribution in [0.1, 0.15) is 34.6 Å². The first kappa shape index (κ1) is 21.0. The molecule has 0 aliphatic heterocycles. The van der Waals surface area contributed by atoms with Crippen molar-refractivity contribution < 1.29 is 9.59 Å². The van der Waals surface area contributed by atoms with Crippen molar-refractivity contribution >= 4 is 23.1 Å². The van der Waals surface area contributed by atoms with Gasteiger partial charge in [0.2, 0.25) is 0 Å². The number of aryl methyl sites for hydroxylation is 1.